The lowest BCUT2D eigenvalue weighted by Crippen LogP contribution is -2.59. The fraction of sp³-hybridized carbons (Fsp3) is 0.364. The number of carbonyl (C=O) groups excluding carboxylic acids is 2. The van der Waals surface area contributed by atoms with Gasteiger partial charge in [0.1, 0.15) is 6.61 Å². The van der Waals surface area contributed by atoms with E-state index < -0.39 is 102 Å². The van der Waals surface area contributed by atoms with Gasteiger partial charge in [-0.1, -0.05) is 40.9 Å². The molecule has 0 saturated carbocycles. The Labute approximate surface area is 265 Å². The van der Waals surface area contributed by atoms with Gasteiger partial charge in [-0.3, -0.25) is 9.69 Å². The Hall–Kier alpha value is -2.13. The van der Waals surface area contributed by atoms with Crippen LogP contribution in [0, 0.1) is 9.39 Å². The number of alkyl halides is 15. The van der Waals surface area contributed by atoms with Crippen molar-refractivity contribution in [3.8, 4) is 0 Å². The Kier molecular flexibility index (Phi) is 10.9. The maximum Gasteiger partial charge on any atom is 0.457 e. The summed E-state index contributed by atoms with van der Waals surface area (Å²) in [7, 11) is 0.894. The van der Waals surface area contributed by atoms with Crippen LogP contribution < -0.4 is 10.2 Å². The molecule has 0 aromatic heterocycles. The van der Waals surface area contributed by atoms with Gasteiger partial charge in [0.05, 0.1) is 22.5 Å². The van der Waals surface area contributed by atoms with Crippen LogP contribution in [0.4, 0.5) is 73.2 Å². The van der Waals surface area contributed by atoms with E-state index in [0.29, 0.717) is 33.6 Å². The summed E-state index contributed by atoms with van der Waals surface area (Å²) in [6, 6.07) is 1.02. The fourth-order valence-corrected chi connectivity index (χ4v) is 4.27. The summed E-state index contributed by atoms with van der Waals surface area (Å²) < 4.78 is 179. The molecule has 0 heterocycles. The number of rotatable bonds is 6. The average molecular weight is 832 g/mol. The number of nitrogens with zero attached hydrogens (tertiary/aromatic N) is 1. The summed E-state index contributed by atoms with van der Waals surface area (Å²) in [6.07, 6.45) is -21.6. The molecule has 2 aromatic rings. The third-order valence-corrected chi connectivity index (χ3v) is 6.61. The van der Waals surface area contributed by atoms with E-state index in [2.05, 4.69) is 4.74 Å². The maximum atomic E-state index is 15.2. The molecule has 0 fully saturated rings. The van der Waals surface area contributed by atoms with Crippen molar-refractivity contribution in [3.63, 3.8) is 0 Å². The monoisotopic (exact) mass is 830 g/mol. The van der Waals surface area contributed by atoms with Gasteiger partial charge in [-0.25, -0.2) is 13.6 Å². The number of nitrogens with one attached hydrogen (secondary N) is 1. The highest BCUT2D eigenvalue weighted by Gasteiger charge is 2.82. The topological polar surface area (TPSA) is 58.6 Å². The molecule has 5 nitrogen and oxygen atoms in total. The van der Waals surface area contributed by atoms with Crippen molar-refractivity contribution in [3.05, 3.63) is 56.4 Å². The molecule has 246 valence electrons. The highest BCUT2D eigenvalue weighted by Crippen LogP contribution is 2.59. The van der Waals surface area contributed by atoms with Crippen LogP contribution in [0.3, 0.4) is 0 Å². The Bertz CT molecular complexity index is 1430. The van der Waals surface area contributed by atoms with Gasteiger partial charge in [-0.2, -0.15) is 48.3 Å². The van der Waals surface area contributed by atoms with Crippen molar-refractivity contribution < 1.29 is 71.4 Å². The number of carbonyl (C=O) groups is 2. The highest BCUT2D eigenvalue weighted by atomic mass is 127. The number of hydrogen-bond acceptors (Lipinski definition) is 3. The van der Waals surface area contributed by atoms with E-state index in [0.717, 1.165) is 19.2 Å². The minimum absolute atomic E-state index is 0.431. The van der Waals surface area contributed by atoms with E-state index >= 15 is 4.39 Å². The molecule has 2 aromatic carbocycles. The van der Waals surface area contributed by atoms with E-state index in [4.69, 9.17) is 34.8 Å². The summed E-state index contributed by atoms with van der Waals surface area (Å²) in [5, 5.41) is 1.46. The van der Waals surface area contributed by atoms with Crippen molar-refractivity contribution >= 4 is 80.8 Å². The molecule has 0 saturated heterocycles. The first kappa shape index (κ1) is 38.1. The molecule has 0 aliphatic heterocycles. The zero-order chi connectivity index (χ0) is 34.4. The van der Waals surface area contributed by atoms with Gasteiger partial charge >= 0.3 is 36.2 Å². The van der Waals surface area contributed by atoms with E-state index in [1.54, 1.807) is 0 Å². The highest BCUT2D eigenvalue weighted by molar-refractivity contribution is 14.1. The van der Waals surface area contributed by atoms with Crippen molar-refractivity contribution in [1.82, 2.24) is 0 Å². The summed E-state index contributed by atoms with van der Waals surface area (Å²) >= 11 is 17.0. The van der Waals surface area contributed by atoms with Crippen molar-refractivity contribution in [2.24, 2.45) is 0 Å². The van der Waals surface area contributed by atoms with Gasteiger partial charge in [0, 0.05) is 16.2 Å². The summed E-state index contributed by atoms with van der Waals surface area (Å²) in [6.45, 7) is -0.833. The van der Waals surface area contributed by atoms with Gasteiger partial charge < -0.3 is 10.1 Å². The Morgan fingerprint density at radius 2 is 1.45 bits per heavy atom. The summed E-state index contributed by atoms with van der Waals surface area (Å²) in [5.74, 6) is -10.7. The average Bonchev–Trinajstić information content (AvgIpc) is 2.84. The molecule has 1 N–H and O–H groups in total. The lowest BCUT2D eigenvalue weighted by Gasteiger charge is -2.36. The van der Waals surface area contributed by atoms with Gasteiger partial charge in [0.2, 0.25) is 3.79 Å². The number of ether oxygens (including phenoxy) is 1. The molecule has 2 rings (SSSR count). The third kappa shape index (κ3) is 7.63. The summed E-state index contributed by atoms with van der Waals surface area (Å²) in [4.78, 5) is 25.3. The molecule has 44 heavy (non-hydrogen) atoms. The number of amides is 2. The van der Waals surface area contributed by atoms with E-state index in [9.17, 15) is 62.3 Å². The predicted molar refractivity (Wildman–Crippen MR) is 138 cm³/mol. The molecule has 1 atom stereocenters. The molecular formula is C22H11Cl3F13IN2O3. The molecular weight excluding hydrogens is 820 g/mol. The number of benzene rings is 2. The second-order valence-corrected chi connectivity index (χ2v) is 12.1. The Morgan fingerprint density at radius 3 is 1.91 bits per heavy atom. The molecule has 0 aliphatic rings. The normalized spacial score (nSPS) is 14.6. The van der Waals surface area contributed by atoms with Crippen LogP contribution in [0.25, 0.3) is 0 Å². The Balaban J connectivity index is 2.65. The summed E-state index contributed by atoms with van der Waals surface area (Å²) in [5.41, 5.74) is -15.4. The third-order valence-electron chi connectivity index (χ3n) is 5.43. The van der Waals surface area contributed by atoms with Crippen LogP contribution in [-0.4, -0.2) is 47.7 Å². The maximum absolute atomic E-state index is 15.2. The quantitative estimate of drug-likeness (QED) is 0.179. The smallest absolute Gasteiger partial charge is 0.445 e. The molecule has 0 bridgehead atoms. The number of halogens is 17. The first-order chi connectivity index (χ1) is 19.6. The number of hydrogen-bond donors (Lipinski definition) is 1. The van der Waals surface area contributed by atoms with Gasteiger partial charge in [-0.15, -0.1) is 0 Å². The van der Waals surface area contributed by atoms with Crippen LogP contribution in [0.1, 0.15) is 21.5 Å². The lowest BCUT2D eigenvalue weighted by molar-refractivity contribution is -0.389. The zero-order valence-electron chi connectivity index (χ0n) is 20.7. The molecule has 0 aliphatic carbocycles. The van der Waals surface area contributed by atoms with Gasteiger partial charge in [0.25, 0.3) is 5.91 Å². The van der Waals surface area contributed by atoms with Crippen LogP contribution in [0.2, 0.25) is 0 Å². The van der Waals surface area contributed by atoms with Crippen molar-refractivity contribution in [1.29, 1.82) is 0 Å². The lowest BCUT2D eigenvalue weighted by atomic mass is 9.86. The zero-order valence-corrected chi connectivity index (χ0v) is 25.1. The first-order valence-electron chi connectivity index (χ1n) is 10.8. The van der Waals surface area contributed by atoms with Crippen LogP contribution in [0.5, 0.6) is 0 Å². The number of anilines is 2. The van der Waals surface area contributed by atoms with Crippen LogP contribution >= 0.6 is 57.4 Å². The Morgan fingerprint density at radius 1 is 0.909 bits per heavy atom. The minimum atomic E-state index is -7.29. The molecule has 0 radical (unpaired) electrons. The van der Waals surface area contributed by atoms with Crippen LogP contribution in [0.15, 0.2) is 30.3 Å². The molecule has 2 amide bonds. The van der Waals surface area contributed by atoms with Crippen molar-refractivity contribution in [2.45, 2.75) is 33.9 Å². The van der Waals surface area contributed by atoms with E-state index in [1.807, 2.05) is 0 Å². The molecule has 1 unspecified atom stereocenters. The van der Waals surface area contributed by atoms with Crippen molar-refractivity contribution in [2.75, 3.05) is 23.9 Å². The molecule has 0 spiro atoms. The van der Waals surface area contributed by atoms with Crippen LogP contribution in [-0.2, 0) is 16.6 Å². The van der Waals surface area contributed by atoms with Gasteiger partial charge in [0.15, 0.2) is 5.82 Å². The van der Waals surface area contributed by atoms with E-state index in [-0.39, 0.29) is 0 Å². The SMILES string of the molecule is CN(C(=O)OCC(Cl)(Cl)Cl)c1cccc(C(=O)Nc2c(I)cc(C(F)(C(F)(F)F)C(F)(F)C(F)(F)F)cc2C(F)(F)F)c1F. The van der Waals surface area contributed by atoms with Gasteiger partial charge in [-0.05, 0) is 46.9 Å². The fourth-order valence-electron chi connectivity index (χ4n) is 3.35. The largest absolute Gasteiger partial charge is 0.457 e. The first-order valence-corrected chi connectivity index (χ1v) is 13.0. The standard InChI is InChI=1S/C22H11Cl3F13IN2O3/c1-41(16(43)44-7-17(23,24)25)12-4-2-3-9(13(12)26)15(42)40-14-10(19(28,29)30)5-8(6-11(14)39)18(27,21(33,34)35)20(31,32)22(36,37)38/h2-6H,7H2,1H3,(H,40,42). The second kappa shape index (κ2) is 12.6. The van der Waals surface area contributed by atoms with E-state index in [1.165, 1.54) is 5.32 Å². The minimum Gasteiger partial charge on any atom is -0.445 e. The second-order valence-electron chi connectivity index (χ2n) is 8.43. The molecule has 22 heteroatoms. The predicted octanol–water partition coefficient (Wildman–Crippen LogP) is 9.57.